The molecule has 0 amide bonds. The first kappa shape index (κ1) is 14.3. The van der Waals surface area contributed by atoms with E-state index in [9.17, 15) is 12.8 Å². The fraction of sp³-hybridized carbons (Fsp3) is 0.538. The van der Waals surface area contributed by atoms with Crippen LogP contribution in [0, 0.1) is 17.7 Å². The average molecular weight is 287 g/mol. The third-order valence-corrected chi connectivity index (χ3v) is 5.29. The van der Waals surface area contributed by atoms with Crippen LogP contribution in [0.4, 0.5) is 4.39 Å². The Kier molecular flexibility index (Phi) is 4.42. The Hall–Kier alpha value is -1.14. The van der Waals surface area contributed by atoms with Crippen molar-refractivity contribution in [1.29, 1.82) is 0 Å². The van der Waals surface area contributed by atoms with Crippen LogP contribution < -0.4 is 10.5 Å². The minimum absolute atomic E-state index is 0.0134. The van der Waals surface area contributed by atoms with Crippen molar-refractivity contribution < 1.29 is 17.5 Å². The van der Waals surface area contributed by atoms with Gasteiger partial charge in [0.2, 0.25) is 0 Å². The molecule has 106 valence electrons. The van der Waals surface area contributed by atoms with Crippen molar-refractivity contribution in [3.05, 3.63) is 30.1 Å². The van der Waals surface area contributed by atoms with Gasteiger partial charge in [-0.15, -0.1) is 0 Å². The molecule has 4 nitrogen and oxygen atoms in total. The summed E-state index contributed by atoms with van der Waals surface area (Å²) in [6.07, 6.45) is 0.636. The minimum Gasteiger partial charge on any atom is -0.493 e. The molecule has 1 heterocycles. The molecule has 0 aromatic heterocycles. The minimum atomic E-state index is -2.91. The van der Waals surface area contributed by atoms with Crippen molar-refractivity contribution in [2.24, 2.45) is 17.6 Å². The zero-order valence-electron chi connectivity index (χ0n) is 10.6. The molecule has 1 aromatic rings. The SMILES string of the molecule is NCC(COc1cccc(F)c1)C1CCS(=O)(=O)C1. The summed E-state index contributed by atoms with van der Waals surface area (Å²) in [6, 6.07) is 5.89. The summed E-state index contributed by atoms with van der Waals surface area (Å²) in [4.78, 5) is 0. The lowest BCUT2D eigenvalue weighted by molar-refractivity contribution is 0.208. The monoisotopic (exact) mass is 287 g/mol. The Morgan fingerprint density at radius 2 is 2.26 bits per heavy atom. The number of ether oxygens (including phenoxy) is 1. The summed E-state index contributed by atoms with van der Waals surface area (Å²) < 4.78 is 41.4. The highest BCUT2D eigenvalue weighted by molar-refractivity contribution is 7.91. The largest absolute Gasteiger partial charge is 0.493 e. The van der Waals surface area contributed by atoms with Crippen molar-refractivity contribution in [2.75, 3.05) is 24.7 Å². The van der Waals surface area contributed by atoms with Gasteiger partial charge in [0.25, 0.3) is 0 Å². The second kappa shape index (κ2) is 5.88. The first-order valence-electron chi connectivity index (χ1n) is 6.29. The number of nitrogens with two attached hydrogens (primary N) is 1. The standard InChI is InChI=1S/C13H18FNO3S/c14-12-2-1-3-13(6-12)18-8-11(7-15)10-4-5-19(16,17)9-10/h1-3,6,10-11H,4-5,7-9,15H2. The van der Waals surface area contributed by atoms with Crippen LogP contribution in [0.2, 0.25) is 0 Å². The number of benzene rings is 1. The fourth-order valence-electron chi connectivity index (χ4n) is 2.35. The molecular weight excluding hydrogens is 269 g/mol. The third-order valence-electron chi connectivity index (χ3n) is 3.50. The smallest absolute Gasteiger partial charge is 0.150 e. The molecule has 19 heavy (non-hydrogen) atoms. The third kappa shape index (κ3) is 3.91. The van der Waals surface area contributed by atoms with Crippen molar-refractivity contribution in [1.82, 2.24) is 0 Å². The first-order chi connectivity index (χ1) is 9.00. The van der Waals surface area contributed by atoms with E-state index in [2.05, 4.69) is 0 Å². The van der Waals surface area contributed by atoms with E-state index in [1.54, 1.807) is 12.1 Å². The van der Waals surface area contributed by atoms with Crippen molar-refractivity contribution in [2.45, 2.75) is 6.42 Å². The number of hydrogen-bond donors (Lipinski definition) is 1. The first-order valence-corrected chi connectivity index (χ1v) is 8.11. The zero-order valence-corrected chi connectivity index (χ0v) is 11.4. The van der Waals surface area contributed by atoms with Crippen LogP contribution in [-0.2, 0) is 9.84 Å². The quantitative estimate of drug-likeness (QED) is 0.884. The molecule has 0 radical (unpaired) electrons. The van der Waals surface area contributed by atoms with Gasteiger partial charge in [0, 0.05) is 12.0 Å². The van der Waals surface area contributed by atoms with Gasteiger partial charge < -0.3 is 10.5 Å². The molecule has 0 aliphatic carbocycles. The molecule has 1 aliphatic heterocycles. The number of hydrogen-bond acceptors (Lipinski definition) is 4. The van der Waals surface area contributed by atoms with E-state index in [1.165, 1.54) is 12.1 Å². The average Bonchev–Trinajstić information content (AvgIpc) is 2.71. The van der Waals surface area contributed by atoms with Crippen molar-refractivity contribution in [3.63, 3.8) is 0 Å². The predicted octanol–water partition coefficient (Wildman–Crippen LogP) is 1.21. The molecule has 1 aliphatic rings. The molecule has 0 bridgehead atoms. The van der Waals surface area contributed by atoms with Crippen LogP contribution >= 0.6 is 0 Å². The topological polar surface area (TPSA) is 69.4 Å². The van der Waals surface area contributed by atoms with Crippen LogP contribution in [0.5, 0.6) is 5.75 Å². The number of sulfone groups is 1. The summed E-state index contributed by atoms with van der Waals surface area (Å²) in [6.45, 7) is 0.690. The maximum absolute atomic E-state index is 13.0. The predicted molar refractivity (Wildman–Crippen MR) is 71.2 cm³/mol. The Balaban J connectivity index is 1.93. The van der Waals surface area contributed by atoms with E-state index in [-0.39, 0.29) is 29.2 Å². The van der Waals surface area contributed by atoms with Gasteiger partial charge in [0.05, 0.1) is 18.1 Å². The summed E-state index contributed by atoms with van der Waals surface area (Å²) >= 11 is 0. The van der Waals surface area contributed by atoms with E-state index in [0.717, 1.165) is 0 Å². The molecule has 1 fully saturated rings. The van der Waals surface area contributed by atoms with Gasteiger partial charge in [0.15, 0.2) is 9.84 Å². The molecule has 1 saturated heterocycles. The lowest BCUT2D eigenvalue weighted by Gasteiger charge is -2.21. The molecule has 2 unspecified atom stereocenters. The molecule has 2 N–H and O–H groups in total. The van der Waals surface area contributed by atoms with Crippen molar-refractivity contribution >= 4 is 9.84 Å². The maximum atomic E-state index is 13.0. The normalized spacial score (nSPS) is 23.2. The van der Waals surface area contributed by atoms with Gasteiger partial charge in [-0.3, -0.25) is 0 Å². The van der Waals surface area contributed by atoms with E-state index >= 15 is 0 Å². The molecule has 2 rings (SSSR count). The van der Waals surface area contributed by atoms with Gasteiger partial charge in [0.1, 0.15) is 11.6 Å². The van der Waals surface area contributed by atoms with Crippen molar-refractivity contribution in [3.8, 4) is 5.75 Å². The molecule has 1 aromatic carbocycles. The molecule has 0 spiro atoms. The van der Waals surface area contributed by atoms with Gasteiger partial charge in [-0.25, -0.2) is 12.8 Å². The van der Waals surface area contributed by atoms with Gasteiger partial charge in [-0.2, -0.15) is 0 Å². The van der Waals surface area contributed by atoms with Crippen LogP contribution in [0.1, 0.15) is 6.42 Å². The Morgan fingerprint density at radius 1 is 1.47 bits per heavy atom. The summed E-state index contributed by atoms with van der Waals surface area (Å²) in [7, 11) is -2.91. The molecule has 6 heteroatoms. The lowest BCUT2D eigenvalue weighted by atomic mass is 9.93. The van der Waals surface area contributed by atoms with Gasteiger partial charge in [-0.05, 0) is 31.0 Å². The fourth-order valence-corrected chi connectivity index (χ4v) is 4.27. The van der Waals surface area contributed by atoms with Crippen LogP contribution in [0.3, 0.4) is 0 Å². The molecular formula is C13H18FNO3S. The molecule has 0 saturated carbocycles. The van der Waals surface area contributed by atoms with E-state index in [4.69, 9.17) is 10.5 Å². The Labute approximate surface area is 112 Å². The highest BCUT2D eigenvalue weighted by Crippen LogP contribution is 2.26. The lowest BCUT2D eigenvalue weighted by Crippen LogP contribution is -2.29. The summed E-state index contributed by atoms with van der Waals surface area (Å²) in [5.74, 6) is 0.531. The van der Waals surface area contributed by atoms with Crippen LogP contribution in [-0.4, -0.2) is 33.1 Å². The van der Waals surface area contributed by atoms with E-state index < -0.39 is 9.84 Å². The number of rotatable bonds is 5. The Morgan fingerprint density at radius 3 is 2.84 bits per heavy atom. The summed E-state index contributed by atoms with van der Waals surface area (Å²) in [5, 5.41) is 0. The van der Waals surface area contributed by atoms with Gasteiger partial charge in [-0.1, -0.05) is 6.07 Å². The van der Waals surface area contributed by atoms with Crippen LogP contribution in [0.25, 0.3) is 0 Å². The second-order valence-corrected chi connectivity index (χ2v) is 7.16. The van der Waals surface area contributed by atoms with Crippen LogP contribution in [0.15, 0.2) is 24.3 Å². The van der Waals surface area contributed by atoms with E-state index in [0.29, 0.717) is 25.3 Å². The van der Waals surface area contributed by atoms with E-state index in [1.807, 2.05) is 0 Å². The Bertz CT molecular complexity index is 532. The van der Waals surface area contributed by atoms with Gasteiger partial charge >= 0.3 is 0 Å². The number of halogens is 1. The maximum Gasteiger partial charge on any atom is 0.150 e. The molecule has 2 atom stereocenters. The zero-order chi connectivity index (χ0) is 13.9. The summed E-state index contributed by atoms with van der Waals surface area (Å²) in [5.41, 5.74) is 5.69. The highest BCUT2D eigenvalue weighted by Gasteiger charge is 2.33. The highest BCUT2D eigenvalue weighted by atomic mass is 32.2. The second-order valence-electron chi connectivity index (χ2n) is 4.93.